The largest absolute Gasteiger partial charge is 0.343 e. The number of nitrogens with zero attached hydrogens (tertiary/aromatic N) is 1. The maximum absolute atomic E-state index is 12.3. The quantitative estimate of drug-likeness (QED) is 0.850. The summed E-state index contributed by atoms with van der Waals surface area (Å²) in [6, 6.07) is -0.817. The maximum Gasteiger partial charge on any atom is 0.246 e. The molecule has 1 heterocycles. The van der Waals surface area contributed by atoms with Crippen LogP contribution in [0.5, 0.6) is 0 Å². The first-order valence-electron chi connectivity index (χ1n) is 6.29. The average Bonchev–Trinajstić information content (AvgIpc) is 2.32. The molecule has 1 aliphatic heterocycles. The van der Waals surface area contributed by atoms with Crippen molar-refractivity contribution < 1.29 is 9.59 Å². The van der Waals surface area contributed by atoms with E-state index in [9.17, 15) is 9.59 Å². The van der Waals surface area contributed by atoms with Crippen LogP contribution in [0.3, 0.4) is 0 Å². The summed E-state index contributed by atoms with van der Waals surface area (Å²) in [5.74, 6) is -0.0117. The van der Waals surface area contributed by atoms with E-state index in [1.54, 1.807) is 4.90 Å². The molecule has 0 radical (unpaired) electrons. The fraction of sp³-hybridized carbons (Fsp3) is 0.692. The Bertz CT molecular complexity index is 366. The van der Waals surface area contributed by atoms with E-state index < -0.39 is 12.1 Å². The predicted molar refractivity (Wildman–Crippen MR) is 72.2 cm³/mol. The van der Waals surface area contributed by atoms with Gasteiger partial charge in [-0.1, -0.05) is 32.4 Å². The average molecular weight is 273 g/mol. The molecule has 0 aliphatic carbocycles. The molecule has 0 aromatic heterocycles. The number of carbonyl (C=O) groups is 2. The highest BCUT2D eigenvalue weighted by Crippen LogP contribution is 2.20. The van der Waals surface area contributed by atoms with Gasteiger partial charge in [0.2, 0.25) is 11.8 Å². The van der Waals surface area contributed by atoms with Crippen molar-refractivity contribution in [3.63, 3.8) is 0 Å². The molecular formula is C13H21ClN2O2. The Morgan fingerprint density at radius 2 is 2.11 bits per heavy atom. The number of rotatable bonds is 4. The smallest absolute Gasteiger partial charge is 0.246 e. The summed E-state index contributed by atoms with van der Waals surface area (Å²) < 4.78 is 0. The zero-order chi connectivity index (χ0) is 13.9. The van der Waals surface area contributed by atoms with Gasteiger partial charge in [0.25, 0.3) is 0 Å². The molecule has 102 valence electrons. The van der Waals surface area contributed by atoms with E-state index in [4.69, 9.17) is 11.6 Å². The van der Waals surface area contributed by atoms with E-state index in [0.29, 0.717) is 13.0 Å². The van der Waals surface area contributed by atoms with Gasteiger partial charge in [-0.3, -0.25) is 9.59 Å². The van der Waals surface area contributed by atoms with E-state index in [-0.39, 0.29) is 17.7 Å². The van der Waals surface area contributed by atoms with E-state index >= 15 is 0 Å². The maximum atomic E-state index is 12.3. The van der Waals surface area contributed by atoms with Crippen LogP contribution in [0.4, 0.5) is 0 Å². The van der Waals surface area contributed by atoms with Crippen molar-refractivity contribution in [3.8, 4) is 0 Å². The summed E-state index contributed by atoms with van der Waals surface area (Å²) in [5, 5.41) is 2.79. The molecule has 18 heavy (non-hydrogen) atoms. The van der Waals surface area contributed by atoms with Gasteiger partial charge in [0, 0.05) is 12.1 Å². The summed E-state index contributed by atoms with van der Waals surface area (Å²) in [6.45, 7) is 8.04. The minimum absolute atomic E-state index is 0.0198. The van der Waals surface area contributed by atoms with Crippen molar-refractivity contribution >= 4 is 23.4 Å². The molecule has 2 atom stereocenters. The first kappa shape index (κ1) is 15.0. The zero-order valence-corrected chi connectivity index (χ0v) is 12.1. The Morgan fingerprint density at radius 1 is 1.50 bits per heavy atom. The van der Waals surface area contributed by atoms with E-state index in [0.717, 1.165) is 5.57 Å². The molecule has 0 bridgehead atoms. The summed E-state index contributed by atoms with van der Waals surface area (Å²) in [5.41, 5.74) is 2.33. The summed E-state index contributed by atoms with van der Waals surface area (Å²) in [6.07, 6.45) is 0.607. The molecule has 1 saturated heterocycles. The van der Waals surface area contributed by atoms with Gasteiger partial charge in [-0.05, 0) is 24.8 Å². The number of amides is 2. The summed E-state index contributed by atoms with van der Waals surface area (Å²) in [4.78, 5) is 26.0. The van der Waals surface area contributed by atoms with Crippen molar-refractivity contribution in [2.45, 2.75) is 46.2 Å². The molecule has 2 unspecified atom stereocenters. The second-order valence-corrected chi connectivity index (χ2v) is 5.30. The van der Waals surface area contributed by atoms with Crippen LogP contribution in [0, 0.1) is 5.92 Å². The molecular weight excluding hydrogens is 252 g/mol. The highest BCUT2D eigenvalue weighted by molar-refractivity contribution is 6.25. The van der Waals surface area contributed by atoms with Gasteiger partial charge in [0.15, 0.2) is 0 Å². The lowest BCUT2D eigenvalue weighted by atomic mass is 9.96. The standard InChI is InChI=1S/C13H21ClN2O2/c1-5-10-13(18)16(7-9(4)6-14)11(8(2)3)12(17)15-10/h6,8,10-11H,5,7H2,1-4H3,(H,15,17). The number of halogens is 1. The fourth-order valence-corrected chi connectivity index (χ4v) is 2.29. The van der Waals surface area contributed by atoms with Gasteiger partial charge in [-0.2, -0.15) is 0 Å². The van der Waals surface area contributed by atoms with Crippen molar-refractivity contribution in [1.82, 2.24) is 10.2 Å². The third kappa shape index (κ3) is 3.05. The zero-order valence-electron chi connectivity index (χ0n) is 11.4. The Kier molecular flexibility index (Phi) is 5.20. The van der Waals surface area contributed by atoms with E-state index in [2.05, 4.69) is 5.32 Å². The third-order valence-electron chi connectivity index (χ3n) is 3.15. The predicted octanol–water partition coefficient (Wildman–Crippen LogP) is 1.89. The number of nitrogens with one attached hydrogen (secondary N) is 1. The number of hydrogen-bond acceptors (Lipinski definition) is 2. The lowest BCUT2D eigenvalue weighted by Gasteiger charge is -2.40. The van der Waals surface area contributed by atoms with Gasteiger partial charge < -0.3 is 10.2 Å². The minimum atomic E-state index is -0.410. The Morgan fingerprint density at radius 3 is 2.56 bits per heavy atom. The first-order valence-corrected chi connectivity index (χ1v) is 6.72. The topological polar surface area (TPSA) is 49.4 Å². The van der Waals surface area contributed by atoms with Crippen molar-refractivity contribution in [1.29, 1.82) is 0 Å². The van der Waals surface area contributed by atoms with Crippen LogP contribution in [0.25, 0.3) is 0 Å². The second kappa shape index (κ2) is 6.23. The van der Waals surface area contributed by atoms with Crippen LogP contribution < -0.4 is 5.32 Å². The summed E-state index contributed by atoms with van der Waals surface area (Å²) >= 11 is 5.65. The molecule has 1 aliphatic rings. The normalized spacial score (nSPS) is 25.7. The van der Waals surface area contributed by atoms with Crippen LogP contribution in [0.1, 0.15) is 34.1 Å². The minimum Gasteiger partial charge on any atom is -0.343 e. The Labute approximate surface area is 113 Å². The molecule has 0 saturated carbocycles. The van der Waals surface area contributed by atoms with Gasteiger partial charge in [0.05, 0.1) is 0 Å². The van der Waals surface area contributed by atoms with Crippen molar-refractivity contribution in [3.05, 3.63) is 11.1 Å². The molecule has 0 aromatic carbocycles. The van der Waals surface area contributed by atoms with Crippen LogP contribution in [-0.2, 0) is 9.59 Å². The van der Waals surface area contributed by atoms with Gasteiger partial charge in [-0.15, -0.1) is 0 Å². The molecule has 5 heteroatoms. The Balaban J connectivity index is 3.01. The molecule has 1 N–H and O–H groups in total. The van der Waals surface area contributed by atoms with Crippen LogP contribution in [0.15, 0.2) is 11.1 Å². The monoisotopic (exact) mass is 272 g/mol. The highest BCUT2D eigenvalue weighted by atomic mass is 35.5. The first-order chi connectivity index (χ1) is 8.42. The van der Waals surface area contributed by atoms with Crippen molar-refractivity contribution in [2.24, 2.45) is 5.92 Å². The van der Waals surface area contributed by atoms with Gasteiger partial charge in [0.1, 0.15) is 12.1 Å². The highest BCUT2D eigenvalue weighted by Gasteiger charge is 2.40. The molecule has 1 fully saturated rings. The van der Waals surface area contributed by atoms with Crippen LogP contribution in [-0.4, -0.2) is 35.3 Å². The van der Waals surface area contributed by atoms with Crippen LogP contribution >= 0.6 is 11.6 Å². The SMILES string of the molecule is CCC1NC(=O)C(C(C)C)N(CC(C)=CCl)C1=O. The third-order valence-corrected chi connectivity index (χ3v) is 3.52. The molecule has 2 amide bonds. The molecule has 1 rings (SSSR count). The lowest BCUT2D eigenvalue weighted by molar-refractivity contribution is -0.150. The number of piperazine rings is 1. The van der Waals surface area contributed by atoms with E-state index in [1.807, 2.05) is 27.7 Å². The number of hydrogen-bond donors (Lipinski definition) is 1. The van der Waals surface area contributed by atoms with Crippen molar-refractivity contribution in [2.75, 3.05) is 6.54 Å². The van der Waals surface area contributed by atoms with Gasteiger partial charge in [-0.25, -0.2) is 0 Å². The second-order valence-electron chi connectivity index (χ2n) is 5.08. The number of carbonyl (C=O) groups excluding carboxylic acids is 2. The lowest BCUT2D eigenvalue weighted by Crippen LogP contribution is -2.64. The van der Waals surface area contributed by atoms with Crippen LogP contribution in [0.2, 0.25) is 0 Å². The van der Waals surface area contributed by atoms with Gasteiger partial charge >= 0.3 is 0 Å². The Hall–Kier alpha value is -1.03. The summed E-state index contributed by atoms with van der Waals surface area (Å²) in [7, 11) is 0. The molecule has 0 spiro atoms. The molecule has 4 nitrogen and oxygen atoms in total. The molecule has 0 aromatic rings. The van der Waals surface area contributed by atoms with E-state index in [1.165, 1.54) is 5.54 Å². The fourth-order valence-electron chi connectivity index (χ4n) is 2.22.